The lowest BCUT2D eigenvalue weighted by atomic mass is 10.1. The summed E-state index contributed by atoms with van der Waals surface area (Å²) in [5.74, 6) is 0.0446. The standard InChI is InChI=1S/C13H17NO3/c1-14(8-13(15)16)12-6-4-9-3-5-10(17-2)7-11(9)12/h3,5,7,12H,4,6,8H2,1-2H3,(H,15,16). The van der Waals surface area contributed by atoms with Crippen LogP contribution in [-0.4, -0.2) is 36.7 Å². The molecule has 1 aliphatic carbocycles. The molecule has 1 aliphatic rings. The molecule has 1 unspecified atom stereocenters. The van der Waals surface area contributed by atoms with E-state index in [9.17, 15) is 4.79 Å². The lowest BCUT2D eigenvalue weighted by molar-refractivity contribution is -0.138. The SMILES string of the molecule is COc1ccc2c(c1)C(N(C)CC(=O)O)CC2. The summed E-state index contributed by atoms with van der Waals surface area (Å²) in [6, 6.07) is 6.24. The van der Waals surface area contributed by atoms with Gasteiger partial charge >= 0.3 is 5.97 Å². The van der Waals surface area contributed by atoms with Gasteiger partial charge in [0.15, 0.2) is 0 Å². The van der Waals surface area contributed by atoms with E-state index >= 15 is 0 Å². The fourth-order valence-corrected chi connectivity index (χ4v) is 2.47. The van der Waals surface area contributed by atoms with Crippen LogP contribution in [0.15, 0.2) is 18.2 Å². The molecule has 17 heavy (non-hydrogen) atoms. The van der Waals surface area contributed by atoms with Crippen molar-refractivity contribution >= 4 is 5.97 Å². The van der Waals surface area contributed by atoms with Crippen LogP contribution in [0.4, 0.5) is 0 Å². The average Bonchev–Trinajstić information content (AvgIpc) is 2.70. The number of hydrogen-bond donors (Lipinski definition) is 1. The molecule has 2 rings (SSSR count). The number of carboxylic acids is 1. The van der Waals surface area contributed by atoms with Gasteiger partial charge in [-0.05, 0) is 43.1 Å². The molecule has 1 aromatic rings. The number of methoxy groups -OCH3 is 1. The molecule has 0 bridgehead atoms. The highest BCUT2D eigenvalue weighted by Gasteiger charge is 2.27. The van der Waals surface area contributed by atoms with Crippen molar-refractivity contribution in [2.75, 3.05) is 20.7 Å². The normalized spacial score (nSPS) is 18.2. The van der Waals surface area contributed by atoms with Gasteiger partial charge in [-0.2, -0.15) is 0 Å². The Kier molecular flexibility index (Phi) is 3.33. The van der Waals surface area contributed by atoms with Crippen molar-refractivity contribution in [1.82, 2.24) is 4.90 Å². The van der Waals surface area contributed by atoms with Crippen LogP contribution in [-0.2, 0) is 11.2 Å². The van der Waals surface area contributed by atoms with Crippen molar-refractivity contribution < 1.29 is 14.6 Å². The second kappa shape index (κ2) is 4.75. The van der Waals surface area contributed by atoms with Gasteiger partial charge in [-0.25, -0.2) is 0 Å². The summed E-state index contributed by atoms with van der Waals surface area (Å²) in [5.41, 5.74) is 2.50. The Morgan fingerprint density at radius 2 is 2.35 bits per heavy atom. The lowest BCUT2D eigenvalue weighted by Gasteiger charge is -2.23. The quantitative estimate of drug-likeness (QED) is 0.863. The number of carbonyl (C=O) groups is 1. The summed E-state index contributed by atoms with van der Waals surface area (Å²) in [4.78, 5) is 12.6. The van der Waals surface area contributed by atoms with E-state index in [4.69, 9.17) is 9.84 Å². The highest BCUT2D eigenvalue weighted by molar-refractivity contribution is 5.69. The van der Waals surface area contributed by atoms with E-state index in [0.29, 0.717) is 0 Å². The van der Waals surface area contributed by atoms with Gasteiger partial charge in [-0.3, -0.25) is 9.69 Å². The molecule has 4 nitrogen and oxygen atoms in total. The largest absolute Gasteiger partial charge is 0.497 e. The number of aryl methyl sites for hydroxylation is 1. The molecule has 0 amide bonds. The summed E-state index contributed by atoms with van der Waals surface area (Å²) >= 11 is 0. The average molecular weight is 235 g/mol. The Morgan fingerprint density at radius 3 is 3.00 bits per heavy atom. The van der Waals surface area contributed by atoms with Gasteiger partial charge in [-0.1, -0.05) is 6.07 Å². The van der Waals surface area contributed by atoms with E-state index in [-0.39, 0.29) is 12.6 Å². The predicted molar refractivity (Wildman–Crippen MR) is 64.3 cm³/mol. The highest BCUT2D eigenvalue weighted by Crippen LogP contribution is 2.36. The molecule has 1 atom stereocenters. The molecule has 1 N–H and O–H groups in total. The number of hydrogen-bond acceptors (Lipinski definition) is 3. The highest BCUT2D eigenvalue weighted by atomic mass is 16.5. The van der Waals surface area contributed by atoms with Gasteiger partial charge in [0.25, 0.3) is 0 Å². The molecular formula is C13H17NO3. The molecule has 92 valence electrons. The summed E-state index contributed by atoms with van der Waals surface area (Å²) in [5, 5.41) is 8.83. The van der Waals surface area contributed by atoms with Gasteiger partial charge < -0.3 is 9.84 Å². The number of benzene rings is 1. The predicted octanol–water partition coefficient (Wildman–Crippen LogP) is 1.70. The third-order valence-electron chi connectivity index (χ3n) is 3.32. The molecule has 0 saturated heterocycles. The molecule has 0 aromatic heterocycles. The minimum absolute atomic E-state index is 0.0708. The third kappa shape index (κ3) is 2.42. The van der Waals surface area contributed by atoms with Crippen molar-refractivity contribution in [3.05, 3.63) is 29.3 Å². The maximum atomic E-state index is 10.7. The maximum Gasteiger partial charge on any atom is 0.317 e. The number of nitrogens with zero attached hydrogens (tertiary/aromatic N) is 1. The van der Waals surface area contributed by atoms with Crippen LogP contribution in [0.5, 0.6) is 5.75 Å². The lowest BCUT2D eigenvalue weighted by Crippen LogP contribution is -2.28. The van der Waals surface area contributed by atoms with Crippen LogP contribution in [0, 0.1) is 0 Å². The van der Waals surface area contributed by atoms with Crippen LogP contribution in [0.25, 0.3) is 0 Å². The molecule has 0 aliphatic heterocycles. The van der Waals surface area contributed by atoms with Crippen molar-refractivity contribution in [2.45, 2.75) is 18.9 Å². The first kappa shape index (κ1) is 11.9. The van der Waals surface area contributed by atoms with Crippen LogP contribution in [0.2, 0.25) is 0 Å². The van der Waals surface area contributed by atoms with Crippen LogP contribution >= 0.6 is 0 Å². The Labute approximate surface area is 101 Å². The Bertz CT molecular complexity index is 431. The number of likely N-dealkylation sites (N-methyl/N-ethyl adjacent to an activating group) is 1. The molecule has 0 heterocycles. The summed E-state index contributed by atoms with van der Waals surface area (Å²) in [7, 11) is 3.50. The summed E-state index contributed by atoms with van der Waals surface area (Å²) in [6.07, 6.45) is 1.99. The van der Waals surface area contributed by atoms with E-state index in [1.54, 1.807) is 7.11 Å². The Balaban J connectivity index is 2.22. The zero-order chi connectivity index (χ0) is 12.4. The number of fused-ring (bicyclic) bond motifs is 1. The third-order valence-corrected chi connectivity index (χ3v) is 3.32. The zero-order valence-corrected chi connectivity index (χ0v) is 10.1. The van der Waals surface area contributed by atoms with E-state index in [1.807, 2.05) is 24.1 Å². The van der Waals surface area contributed by atoms with Crippen LogP contribution < -0.4 is 4.74 Å². The molecule has 0 spiro atoms. The van der Waals surface area contributed by atoms with Gasteiger partial charge in [0.2, 0.25) is 0 Å². The molecule has 4 heteroatoms. The van der Waals surface area contributed by atoms with Gasteiger partial charge in [0, 0.05) is 6.04 Å². The van der Waals surface area contributed by atoms with Crippen LogP contribution in [0.1, 0.15) is 23.6 Å². The fraction of sp³-hybridized carbons (Fsp3) is 0.462. The molecular weight excluding hydrogens is 218 g/mol. The number of aliphatic carboxylic acids is 1. The van der Waals surface area contributed by atoms with Crippen molar-refractivity contribution in [3.63, 3.8) is 0 Å². The second-order valence-electron chi connectivity index (χ2n) is 4.43. The van der Waals surface area contributed by atoms with E-state index in [1.165, 1.54) is 11.1 Å². The number of rotatable bonds is 4. The summed E-state index contributed by atoms with van der Waals surface area (Å²) < 4.78 is 5.21. The van der Waals surface area contributed by atoms with Crippen LogP contribution in [0.3, 0.4) is 0 Å². The number of carboxylic acid groups (broad SMARTS) is 1. The maximum absolute atomic E-state index is 10.7. The second-order valence-corrected chi connectivity index (χ2v) is 4.43. The Hall–Kier alpha value is -1.55. The fourth-order valence-electron chi connectivity index (χ4n) is 2.47. The summed E-state index contributed by atoms with van der Waals surface area (Å²) in [6.45, 7) is 0.0708. The molecule has 1 aromatic carbocycles. The van der Waals surface area contributed by atoms with Gasteiger partial charge in [-0.15, -0.1) is 0 Å². The van der Waals surface area contributed by atoms with Crippen molar-refractivity contribution in [3.8, 4) is 5.75 Å². The first-order valence-corrected chi connectivity index (χ1v) is 5.70. The molecule has 0 radical (unpaired) electrons. The van der Waals surface area contributed by atoms with Gasteiger partial charge in [0.05, 0.1) is 13.7 Å². The van der Waals surface area contributed by atoms with Crippen molar-refractivity contribution in [2.24, 2.45) is 0 Å². The minimum atomic E-state index is -0.788. The Morgan fingerprint density at radius 1 is 1.59 bits per heavy atom. The first-order chi connectivity index (χ1) is 8.11. The van der Waals surface area contributed by atoms with Gasteiger partial charge in [0.1, 0.15) is 5.75 Å². The molecule has 0 saturated carbocycles. The first-order valence-electron chi connectivity index (χ1n) is 5.70. The topological polar surface area (TPSA) is 49.8 Å². The number of ether oxygens (including phenoxy) is 1. The van der Waals surface area contributed by atoms with E-state index < -0.39 is 5.97 Å². The van der Waals surface area contributed by atoms with Crippen molar-refractivity contribution in [1.29, 1.82) is 0 Å². The van der Waals surface area contributed by atoms with E-state index in [2.05, 4.69) is 6.07 Å². The minimum Gasteiger partial charge on any atom is -0.497 e. The van der Waals surface area contributed by atoms with E-state index in [0.717, 1.165) is 18.6 Å². The smallest absolute Gasteiger partial charge is 0.317 e. The monoisotopic (exact) mass is 235 g/mol. The zero-order valence-electron chi connectivity index (χ0n) is 10.1. The molecule has 0 fully saturated rings.